The molecular formula is C21H25N3O5. The molecule has 2 aliphatic heterocycles. The van der Waals surface area contributed by atoms with Crippen LogP contribution >= 0.6 is 0 Å². The van der Waals surface area contributed by atoms with Gasteiger partial charge in [-0.3, -0.25) is 19.3 Å². The van der Waals surface area contributed by atoms with Gasteiger partial charge >= 0.3 is 5.97 Å². The van der Waals surface area contributed by atoms with Gasteiger partial charge in [0, 0.05) is 32.5 Å². The average molecular weight is 399 g/mol. The van der Waals surface area contributed by atoms with Crippen LogP contribution < -0.4 is 4.90 Å². The molecule has 2 heterocycles. The monoisotopic (exact) mass is 399 g/mol. The van der Waals surface area contributed by atoms with E-state index in [-0.39, 0.29) is 37.1 Å². The molecule has 0 aromatic heterocycles. The molecule has 29 heavy (non-hydrogen) atoms. The van der Waals surface area contributed by atoms with Gasteiger partial charge < -0.3 is 14.5 Å². The molecule has 0 N–H and O–H groups in total. The minimum absolute atomic E-state index is 0.0655. The standard InChI is InChI=1S/C21H25N3O5/c1-4-13-23-19(27)15-9-7-8-10-16(15)24-17(25)11-12-21(23,24)20(28)29-14-18(26)22(5-2)6-3/h4,7-10H,1,5-6,11-14H2,2-3H3/t21-/m1/s1. The minimum atomic E-state index is -1.61. The van der Waals surface area contributed by atoms with E-state index in [2.05, 4.69) is 6.58 Å². The Balaban J connectivity index is 2.00. The van der Waals surface area contributed by atoms with Gasteiger partial charge in [-0.2, -0.15) is 0 Å². The second kappa shape index (κ2) is 8.06. The number of rotatable bonds is 7. The summed E-state index contributed by atoms with van der Waals surface area (Å²) in [7, 11) is 0. The number of hydrogen-bond acceptors (Lipinski definition) is 5. The maximum atomic E-state index is 13.3. The molecule has 1 aromatic rings. The molecule has 1 saturated heterocycles. The first kappa shape index (κ1) is 20.6. The van der Waals surface area contributed by atoms with Crippen molar-refractivity contribution in [3.8, 4) is 0 Å². The van der Waals surface area contributed by atoms with Crippen molar-refractivity contribution in [1.82, 2.24) is 9.80 Å². The summed E-state index contributed by atoms with van der Waals surface area (Å²) in [5, 5.41) is 0. The third-order valence-corrected chi connectivity index (χ3v) is 5.46. The Morgan fingerprint density at radius 2 is 1.93 bits per heavy atom. The number of fused-ring (bicyclic) bond motifs is 3. The predicted molar refractivity (Wildman–Crippen MR) is 106 cm³/mol. The number of carbonyl (C=O) groups is 4. The summed E-state index contributed by atoms with van der Waals surface area (Å²) < 4.78 is 5.37. The molecule has 0 aliphatic carbocycles. The highest BCUT2D eigenvalue weighted by atomic mass is 16.5. The van der Waals surface area contributed by atoms with Gasteiger partial charge in [0.1, 0.15) is 0 Å². The van der Waals surface area contributed by atoms with E-state index < -0.39 is 18.2 Å². The topological polar surface area (TPSA) is 87.2 Å². The Morgan fingerprint density at radius 1 is 1.24 bits per heavy atom. The molecule has 3 amide bonds. The Hall–Kier alpha value is -3.16. The zero-order valence-corrected chi connectivity index (χ0v) is 16.7. The van der Waals surface area contributed by atoms with Crippen LogP contribution in [-0.2, 0) is 19.1 Å². The lowest BCUT2D eigenvalue weighted by Crippen LogP contribution is -2.68. The lowest BCUT2D eigenvalue weighted by atomic mass is 9.96. The summed E-state index contributed by atoms with van der Waals surface area (Å²) in [6, 6.07) is 6.68. The Kier molecular flexibility index (Phi) is 5.72. The quantitative estimate of drug-likeness (QED) is 0.513. The largest absolute Gasteiger partial charge is 0.452 e. The Bertz CT molecular complexity index is 864. The summed E-state index contributed by atoms with van der Waals surface area (Å²) >= 11 is 0. The molecule has 1 atom stereocenters. The van der Waals surface area contributed by atoms with Crippen LogP contribution in [0.2, 0.25) is 0 Å². The predicted octanol–water partition coefficient (Wildman–Crippen LogP) is 1.56. The first-order valence-corrected chi connectivity index (χ1v) is 9.72. The number of esters is 1. The number of hydrogen-bond donors (Lipinski definition) is 0. The maximum Gasteiger partial charge on any atom is 0.354 e. The fourth-order valence-corrected chi connectivity index (χ4v) is 4.04. The fourth-order valence-electron chi connectivity index (χ4n) is 4.04. The molecule has 3 rings (SSSR count). The third kappa shape index (κ3) is 3.18. The summed E-state index contributed by atoms with van der Waals surface area (Å²) in [5.74, 6) is -1.76. The summed E-state index contributed by atoms with van der Waals surface area (Å²) in [4.78, 5) is 55.7. The molecule has 0 spiro atoms. The second-order valence-electron chi connectivity index (χ2n) is 6.91. The molecule has 1 fully saturated rings. The molecule has 1 aromatic carbocycles. The number of ether oxygens (including phenoxy) is 1. The van der Waals surface area contributed by atoms with E-state index in [1.807, 2.05) is 13.8 Å². The van der Waals surface area contributed by atoms with Crippen molar-refractivity contribution in [2.75, 3.05) is 31.1 Å². The number of amides is 3. The lowest BCUT2D eigenvalue weighted by Gasteiger charge is -2.48. The average Bonchev–Trinajstić information content (AvgIpc) is 3.08. The molecular weight excluding hydrogens is 374 g/mol. The van der Waals surface area contributed by atoms with Gasteiger partial charge in [-0.1, -0.05) is 18.2 Å². The molecule has 154 valence electrons. The van der Waals surface area contributed by atoms with Crippen molar-refractivity contribution >= 4 is 29.4 Å². The Labute approximate surface area is 169 Å². The van der Waals surface area contributed by atoms with Crippen LogP contribution in [0.5, 0.6) is 0 Å². The number of anilines is 1. The van der Waals surface area contributed by atoms with E-state index in [9.17, 15) is 19.2 Å². The number of carbonyl (C=O) groups excluding carboxylic acids is 4. The normalized spacial score (nSPS) is 20.2. The van der Waals surface area contributed by atoms with Crippen molar-refractivity contribution in [2.45, 2.75) is 32.4 Å². The summed E-state index contributed by atoms with van der Waals surface area (Å²) in [6.07, 6.45) is 1.69. The van der Waals surface area contributed by atoms with Gasteiger partial charge in [0.25, 0.3) is 11.8 Å². The van der Waals surface area contributed by atoms with E-state index >= 15 is 0 Å². The van der Waals surface area contributed by atoms with Crippen molar-refractivity contribution < 1.29 is 23.9 Å². The van der Waals surface area contributed by atoms with Crippen molar-refractivity contribution in [2.24, 2.45) is 0 Å². The molecule has 2 aliphatic rings. The van der Waals surface area contributed by atoms with Gasteiger partial charge in [-0.25, -0.2) is 4.79 Å². The lowest BCUT2D eigenvalue weighted by molar-refractivity contribution is -0.161. The molecule has 0 saturated carbocycles. The Morgan fingerprint density at radius 3 is 2.59 bits per heavy atom. The van der Waals surface area contributed by atoms with Crippen molar-refractivity contribution in [3.63, 3.8) is 0 Å². The van der Waals surface area contributed by atoms with Crippen LogP contribution in [0.15, 0.2) is 36.9 Å². The first-order valence-electron chi connectivity index (χ1n) is 9.72. The number of likely N-dealkylation sites (N-methyl/N-ethyl adjacent to an activating group) is 1. The highest BCUT2D eigenvalue weighted by Crippen LogP contribution is 2.45. The van der Waals surface area contributed by atoms with Crippen LogP contribution in [0.3, 0.4) is 0 Å². The third-order valence-electron chi connectivity index (χ3n) is 5.46. The molecule has 8 heteroatoms. The highest BCUT2D eigenvalue weighted by molar-refractivity contribution is 6.15. The van der Waals surface area contributed by atoms with E-state index in [1.165, 1.54) is 15.9 Å². The van der Waals surface area contributed by atoms with Crippen LogP contribution in [0.25, 0.3) is 0 Å². The van der Waals surface area contributed by atoms with E-state index in [0.29, 0.717) is 24.3 Å². The minimum Gasteiger partial charge on any atom is -0.452 e. The highest BCUT2D eigenvalue weighted by Gasteiger charge is 2.61. The van der Waals surface area contributed by atoms with Crippen molar-refractivity contribution in [1.29, 1.82) is 0 Å². The van der Waals surface area contributed by atoms with Gasteiger partial charge in [0.05, 0.1) is 11.3 Å². The zero-order valence-electron chi connectivity index (χ0n) is 16.7. The summed E-state index contributed by atoms with van der Waals surface area (Å²) in [6.45, 7) is 7.97. The van der Waals surface area contributed by atoms with Crippen LogP contribution in [0.1, 0.15) is 37.0 Å². The smallest absolute Gasteiger partial charge is 0.354 e. The number of para-hydroxylation sites is 1. The molecule has 0 bridgehead atoms. The molecule has 0 unspecified atom stereocenters. The SMILES string of the molecule is C=CCN1C(=O)c2ccccc2N2C(=O)CC[C@@]12C(=O)OCC(=O)N(CC)CC. The molecule has 0 radical (unpaired) electrons. The number of benzene rings is 1. The van der Waals surface area contributed by atoms with Crippen LogP contribution in [0, 0.1) is 0 Å². The first-order chi connectivity index (χ1) is 13.9. The summed E-state index contributed by atoms with van der Waals surface area (Å²) in [5.41, 5.74) is -0.889. The number of nitrogens with zero attached hydrogens (tertiary/aromatic N) is 3. The maximum absolute atomic E-state index is 13.3. The van der Waals surface area contributed by atoms with E-state index in [4.69, 9.17) is 4.74 Å². The fraction of sp³-hybridized carbons (Fsp3) is 0.429. The van der Waals surface area contributed by atoms with Gasteiger partial charge in [-0.05, 0) is 26.0 Å². The van der Waals surface area contributed by atoms with E-state index in [0.717, 1.165) is 0 Å². The molecule has 8 nitrogen and oxygen atoms in total. The van der Waals surface area contributed by atoms with Gasteiger partial charge in [-0.15, -0.1) is 6.58 Å². The van der Waals surface area contributed by atoms with Gasteiger partial charge in [0.2, 0.25) is 11.6 Å². The van der Waals surface area contributed by atoms with Crippen LogP contribution in [-0.4, -0.2) is 65.4 Å². The second-order valence-corrected chi connectivity index (χ2v) is 6.91. The van der Waals surface area contributed by atoms with Gasteiger partial charge in [0.15, 0.2) is 6.61 Å². The van der Waals surface area contributed by atoms with E-state index in [1.54, 1.807) is 29.2 Å². The van der Waals surface area contributed by atoms with Crippen molar-refractivity contribution in [3.05, 3.63) is 42.5 Å². The zero-order chi connectivity index (χ0) is 21.2. The van der Waals surface area contributed by atoms with Crippen LogP contribution in [0.4, 0.5) is 5.69 Å².